The Bertz CT molecular complexity index is 1230. The van der Waals surface area contributed by atoms with Crippen molar-refractivity contribution in [2.24, 2.45) is 0 Å². The smallest absolute Gasteiger partial charge is 0.415 e. The standard InChI is InChI=1S/C27H36N6O3/c1-16-11-19(13-20(28)12-16)17(2)29-26-22-14-25(24(35-6)15-23(22)30-18(3)31-26)36-27(34)33-9-7-21(8-10-33)32(4)5/h11-15,17,21H,7-10,28H2,1-6H3,(H,29,30,31)/t17-/m1/s1. The fourth-order valence-electron chi connectivity index (χ4n) is 4.71. The largest absolute Gasteiger partial charge is 0.493 e. The van der Waals surface area contributed by atoms with E-state index >= 15 is 0 Å². The SMILES string of the molecule is COc1cc2nc(C)nc(N[C@H](C)c3cc(C)cc(N)c3)c2cc1OC(=O)N1CCC(N(C)C)CC1. The number of nitrogen functional groups attached to an aromatic ring is 1. The highest BCUT2D eigenvalue weighted by atomic mass is 16.6. The van der Waals surface area contributed by atoms with Crippen LogP contribution >= 0.6 is 0 Å². The van der Waals surface area contributed by atoms with Gasteiger partial charge in [0, 0.05) is 36.3 Å². The Kier molecular flexibility index (Phi) is 7.49. The summed E-state index contributed by atoms with van der Waals surface area (Å²) in [4.78, 5) is 26.2. The van der Waals surface area contributed by atoms with Crippen LogP contribution in [0.1, 0.15) is 42.8 Å². The number of anilines is 2. The summed E-state index contributed by atoms with van der Waals surface area (Å²) in [6, 6.07) is 9.97. The molecule has 4 rings (SSSR count). The van der Waals surface area contributed by atoms with Gasteiger partial charge in [-0.05, 0) is 77.0 Å². The second kappa shape index (κ2) is 10.6. The molecular weight excluding hydrogens is 456 g/mol. The van der Waals surface area contributed by atoms with E-state index in [1.165, 1.54) is 0 Å². The number of nitrogens with two attached hydrogens (primary N) is 1. The highest BCUT2D eigenvalue weighted by molar-refractivity contribution is 5.92. The molecule has 1 aliphatic rings. The number of methoxy groups -OCH3 is 1. The van der Waals surface area contributed by atoms with Gasteiger partial charge in [-0.1, -0.05) is 6.07 Å². The van der Waals surface area contributed by atoms with Crippen molar-refractivity contribution in [2.45, 2.75) is 45.7 Å². The maximum Gasteiger partial charge on any atom is 0.415 e. The summed E-state index contributed by atoms with van der Waals surface area (Å²) >= 11 is 0. The zero-order valence-corrected chi connectivity index (χ0v) is 22.0. The third kappa shape index (κ3) is 5.62. The van der Waals surface area contributed by atoms with Gasteiger partial charge in [-0.15, -0.1) is 0 Å². The maximum absolute atomic E-state index is 13.0. The number of likely N-dealkylation sites (tertiary alicyclic amines) is 1. The van der Waals surface area contributed by atoms with Crippen molar-refractivity contribution in [3.05, 3.63) is 47.3 Å². The molecule has 0 spiro atoms. The highest BCUT2D eigenvalue weighted by Crippen LogP contribution is 2.36. The minimum atomic E-state index is -0.379. The third-order valence-corrected chi connectivity index (χ3v) is 6.72. The van der Waals surface area contributed by atoms with Crippen LogP contribution in [0.25, 0.3) is 10.9 Å². The molecule has 9 nitrogen and oxygen atoms in total. The molecule has 192 valence electrons. The first-order valence-corrected chi connectivity index (χ1v) is 12.3. The number of benzene rings is 2. The molecule has 3 aromatic rings. The number of nitrogens with one attached hydrogen (secondary N) is 1. The van der Waals surface area contributed by atoms with E-state index < -0.39 is 0 Å². The second-order valence-electron chi connectivity index (χ2n) is 9.73. The van der Waals surface area contributed by atoms with Gasteiger partial charge < -0.3 is 30.3 Å². The minimum Gasteiger partial charge on any atom is -0.493 e. The predicted molar refractivity (Wildman–Crippen MR) is 143 cm³/mol. The molecule has 1 aromatic heterocycles. The van der Waals surface area contributed by atoms with Gasteiger partial charge in [0.2, 0.25) is 0 Å². The number of piperidine rings is 1. The van der Waals surface area contributed by atoms with E-state index in [9.17, 15) is 4.79 Å². The molecule has 0 radical (unpaired) electrons. The summed E-state index contributed by atoms with van der Waals surface area (Å²) < 4.78 is 11.4. The van der Waals surface area contributed by atoms with Crippen molar-refractivity contribution in [3.8, 4) is 11.5 Å². The highest BCUT2D eigenvalue weighted by Gasteiger charge is 2.26. The van der Waals surface area contributed by atoms with Crippen LogP contribution in [0.2, 0.25) is 0 Å². The van der Waals surface area contributed by atoms with Gasteiger partial charge in [-0.2, -0.15) is 0 Å². The molecule has 1 amide bonds. The van der Waals surface area contributed by atoms with Crippen molar-refractivity contribution in [1.29, 1.82) is 0 Å². The number of fused-ring (bicyclic) bond motifs is 1. The van der Waals surface area contributed by atoms with Gasteiger partial charge in [0.1, 0.15) is 11.6 Å². The molecule has 9 heteroatoms. The van der Waals surface area contributed by atoms with Gasteiger partial charge in [-0.25, -0.2) is 14.8 Å². The molecule has 0 bridgehead atoms. The fraction of sp³-hybridized carbons (Fsp3) is 0.444. The second-order valence-corrected chi connectivity index (χ2v) is 9.73. The number of hydrogen-bond donors (Lipinski definition) is 2. The van der Waals surface area contributed by atoms with E-state index in [1.807, 2.05) is 26.0 Å². The van der Waals surface area contributed by atoms with Crippen LogP contribution in [0, 0.1) is 13.8 Å². The van der Waals surface area contributed by atoms with Gasteiger partial charge in [0.15, 0.2) is 11.5 Å². The molecule has 0 unspecified atom stereocenters. The number of amides is 1. The minimum absolute atomic E-state index is 0.0594. The van der Waals surface area contributed by atoms with Gasteiger partial charge in [0.25, 0.3) is 0 Å². The Labute approximate surface area is 212 Å². The van der Waals surface area contributed by atoms with Crippen molar-refractivity contribution in [3.63, 3.8) is 0 Å². The normalized spacial score (nSPS) is 15.2. The van der Waals surface area contributed by atoms with E-state index in [-0.39, 0.29) is 12.1 Å². The first kappa shape index (κ1) is 25.5. The van der Waals surface area contributed by atoms with E-state index in [0.717, 1.165) is 35.0 Å². The average molecular weight is 493 g/mol. The molecule has 1 aliphatic heterocycles. The van der Waals surface area contributed by atoms with E-state index in [2.05, 4.69) is 47.3 Å². The number of aryl methyl sites for hydroxylation is 2. The number of aromatic nitrogens is 2. The Balaban J connectivity index is 1.62. The van der Waals surface area contributed by atoms with Crippen LogP contribution in [0.4, 0.5) is 16.3 Å². The van der Waals surface area contributed by atoms with Gasteiger partial charge in [0.05, 0.1) is 18.7 Å². The average Bonchev–Trinajstić information content (AvgIpc) is 2.83. The molecule has 1 atom stereocenters. The quantitative estimate of drug-likeness (QED) is 0.483. The van der Waals surface area contributed by atoms with E-state index in [1.54, 1.807) is 24.1 Å². The Morgan fingerprint density at radius 1 is 1.11 bits per heavy atom. The van der Waals surface area contributed by atoms with Crippen LogP contribution in [0.5, 0.6) is 11.5 Å². The van der Waals surface area contributed by atoms with Gasteiger partial charge >= 0.3 is 6.09 Å². The number of ether oxygens (including phenoxy) is 2. The molecule has 0 aliphatic carbocycles. The summed E-state index contributed by atoms with van der Waals surface area (Å²) in [5.41, 5.74) is 9.63. The molecular formula is C27H36N6O3. The van der Waals surface area contributed by atoms with Crippen molar-refractivity contribution >= 4 is 28.5 Å². The van der Waals surface area contributed by atoms with Crippen molar-refractivity contribution in [2.75, 3.05) is 45.3 Å². The zero-order chi connectivity index (χ0) is 26.0. The molecule has 3 N–H and O–H groups in total. The molecule has 2 heterocycles. The lowest BCUT2D eigenvalue weighted by molar-refractivity contribution is 0.117. The predicted octanol–water partition coefficient (Wildman–Crippen LogP) is 4.54. The first-order chi connectivity index (χ1) is 17.1. The molecule has 1 fully saturated rings. The number of nitrogens with zero attached hydrogens (tertiary/aromatic N) is 4. The third-order valence-electron chi connectivity index (χ3n) is 6.72. The number of hydrogen-bond acceptors (Lipinski definition) is 8. The van der Waals surface area contributed by atoms with E-state index in [0.29, 0.717) is 47.8 Å². The lowest BCUT2D eigenvalue weighted by Gasteiger charge is -2.34. The van der Waals surface area contributed by atoms with Crippen LogP contribution in [-0.4, -0.2) is 66.2 Å². The Morgan fingerprint density at radius 2 is 1.83 bits per heavy atom. The molecule has 36 heavy (non-hydrogen) atoms. The van der Waals surface area contributed by atoms with Crippen molar-refractivity contribution in [1.82, 2.24) is 19.8 Å². The molecule has 2 aromatic carbocycles. The summed E-state index contributed by atoms with van der Waals surface area (Å²) in [5, 5.41) is 4.23. The summed E-state index contributed by atoms with van der Waals surface area (Å²) in [7, 11) is 5.70. The van der Waals surface area contributed by atoms with Crippen LogP contribution in [0.15, 0.2) is 30.3 Å². The lowest BCUT2D eigenvalue weighted by Crippen LogP contribution is -2.45. The number of carbonyl (C=O) groups is 1. The van der Waals surface area contributed by atoms with E-state index in [4.69, 9.17) is 15.2 Å². The summed E-state index contributed by atoms with van der Waals surface area (Å²) in [6.07, 6.45) is 1.45. The molecule has 1 saturated heterocycles. The topological polar surface area (TPSA) is 106 Å². The fourth-order valence-corrected chi connectivity index (χ4v) is 4.71. The van der Waals surface area contributed by atoms with Gasteiger partial charge in [-0.3, -0.25) is 0 Å². The lowest BCUT2D eigenvalue weighted by atomic mass is 10.0. The Hall–Kier alpha value is -3.59. The number of carbonyl (C=O) groups excluding carboxylic acids is 1. The molecule has 0 saturated carbocycles. The number of rotatable bonds is 6. The monoisotopic (exact) mass is 492 g/mol. The zero-order valence-electron chi connectivity index (χ0n) is 22.0. The summed E-state index contributed by atoms with van der Waals surface area (Å²) in [6.45, 7) is 7.23. The van der Waals surface area contributed by atoms with Crippen molar-refractivity contribution < 1.29 is 14.3 Å². The van der Waals surface area contributed by atoms with Crippen LogP contribution in [-0.2, 0) is 0 Å². The van der Waals surface area contributed by atoms with Crippen LogP contribution in [0.3, 0.4) is 0 Å². The Morgan fingerprint density at radius 3 is 2.47 bits per heavy atom. The maximum atomic E-state index is 13.0. The van der Waals surface area contributed by atoms with Crippen LogP contribution < -0.4 is 20.5 Å². The first-order valence-electron chi connectivity index (χ1n) is 12.3. The summed E-state index contributed by atoms with van der Waals surface area (Å²) in [5.74, 6) is 2.06.